The number of nitrogens with one attached hydrogen (secondary N) is 1. The summed E-state index contributed by atoms with van der Waals surface area (Å²) in [5.41, 5.74) is 3.36. The average molecular weight is 188 g/mol. The SMILES string of the molecule is ONc1ncnnc1-c1ccccc1. The maximum Gasteiger partial charge on any atom is 0.179 e. The Balaban J connectivity index is 2.51. The Labute approximate surface area is 80.4 Å². The van der Waals surface area contributed by atoms with Gasteiger partial charge in [0, 0.05) is 5.56 Å². The molecule has 0 aliphatic carbocycles. The van der Waals surface area contributed by atoms with Crippen molar-refractivity contribution in [3.05, 3.63) is 36.7 Å². The first kappa shape index (κ1) is 8.58. The van der Waals surface area contributed by atoms with E-state index in [-0.39, 0.29) is 0 Å². The van der Waals surface area contributed by atoms with Gasteiger partial charge in [-0.25, -0.2) is 4.98 Å². The molecule has 0 fully saturated rings. The molecule has 5 heteroatoms. The zero-order valence-electron chi connectivity index (χ0n) is 7.25. The molecule has 1 aromatic carbocycles. The highest BCUT2D eigenvalue weighted by atomic mass is 16.5. The summed E-state index contributed by atoms with van der Waals surface area (Å²) in [6.45, 7) is 0. The van der Waals surface area contributed by atoms with Gasteiger partial charge in [-0.1, -0.05) is 30.3 Å². The lowest BCUT2D eigenvalue weighted by atomic mass is 10.1. The molecule has 0 amide bonds. The summed E-state index contributed by atoms with van der Waals surface area (Å²) >= 11 is 0. The quantitative estimate of drug-likeness (QED) is 0.696. The molecule has 0 saturated heterocycles. The van der Waals surface area contributed by atoms with Gasteiger partial charge >= 0.3 is 0 Å². The van der Waals surface area contributed by atoms with Gasteiger partial charge in [0.1, 0.15) is 12.0 Å². The molecule has 2 aromatic rings. The lowest BCUT2D eigenvalue weighted by molar-refractivity contribution is 0.385. The summed E-state index contributed by atoms with van der Waals surface area (Å²) in [4.78, 5) is 3.84. The van der Waals surface area contributed by atoms with Gasteiger partial charge in [0.25, 0.3) is 0 Å². The van der Waals surface area contributed by atoms with Gasteiger partial charge in [-0.3, -0.25) is 10.7 Å². The lowest BCUT2D eigenvalue weighted by Gasteiger charge is -2.03. The second-order valence-electron chi connectivity index (χ2n) is 2.64. The number of hydrogen-bond donors (Lipinski definition) is 2. The van der Waals surface area contributed by atoms with Crippen molar-refractivity contribution in [1.82, 2.24) is 15.2 Å². The van der Waals surface area contributed by atoms with Crippen molar-refractivity contribution >= 4 is 5.82 Å². The zero-order chi connectivity index (χ0) is 9.80. The monoisotopic (exact) mass is 188 g/mol. The van der Waals surface area contributed by atoms with E-state index >= 15 is 0 Å². The fraction of sp³-hybridized carbons (Fsp3) is 0. The van der Waals surface area contributed by atoms with Crippen LogP contribution < -0.4 is 5.48 Å². The van der Waals surface area contributed by atoms with Crippen molar-refractivity contribution < 1.29 is 5.21 Å². The third-order valence-electron chi connectivity index (χ3n) is 1.77. The van der Waals surface area contributed by atoms with Crippen LogP contribution >= 0.6 is 0 Å². The number of benzene rings is 1. The highest BCUT2D eigenvalue weighted by Gasteiger charge is 2.06. The van der Waals surface area contributed by atoms with E-state index in [9.17, 15) is 0 Å². The lowest BCUT2D eigenvalue weighted by Crippen LogP contribution is -1.99. The van der Waals surface area contributed by atoms with Crippen LogP contribution in [0.15, 0.2) is 36.7 Å². The minimum atomic E-state index is 0.297. The number of hydrogen-bond acceptors (Lipinski definition) is 5. The molecular weight excluding hydrogens is 180 g/mol. The number of nitrogens with zero attached hydrogens (tertiary/aromatic N) is 3. The first-order valence-corrected chi connectivity index (χ1v) is 4.05. The topological polar surface area (TPSA) is 70.9 Å². The first-order valence-electron chi connectivity index (χ1n) is 4.05. The molecule has 0 spiro atoms. The third-order valence-corrected chi connectivity index (χ3v) is 1.77. The van der Waals surface area contributed by atoms with Crippen molar-refractivity contribution in [2.45, 2.75) is 0 Å². The van der Waals surface area contributed by atoms with Crippen molar-refractivity contribution in [2.24, 2.45) is 0 Å². The van der Waals surface area contributed by atoms with Crippen LogP contribution in [0.25, 0.3) is 11.3 Å². The molecule has 0 atom stereocenters. The van der Waals surface area contributed by atoms with Gasteiger partial charge in [0.05, 0.1) is 0 Å². The fourth-order valence-electron chi connectivity index (χ4n) is 1.15. The predicted molar refractivity (Wildman–Crippen MR) is 50.7 cm³/mol. The molecule has 2 rings (SSSR count). The molecule has 5 nitrogen and oxygen atoms in total. The van der Waals surface area contributed by atoms with Crippen LogP contribution in [0.1, 0.15) is 0 Å². The maximum absolute atomic E-state index is 8.80. The van der Waals surface area contributed by atoms with Gasteiger partial charge in [-0.2, -0.15) is 0 Å². The van der Waals surface area contributed by atoms with E-state index in [2.05, 4.69) is 15.2 Å². The smallest absolute Gasteiger partial charge is 0.179 e. The van der Waals surface area contributed by atoms with Crippen molar-refractivity contribution in [3.8, 4) is 11.3 Å². The Morgan fingerprint density at radius 1 is 1.14 bits per heavy atom. The van der Waals surface area contributed by atoms with Crippen LogP contribution in [0.3, 0.4) is 0 Å². The summed E-state index contributed by atoms with van der Waals surface area (Å²) in [5, 5.41) is 16.3. The number of rotatable bonds is 2. The average Bonchev–Trinajstić information content (AvgIpc) is 2.30. The number of anilines is 1. The van der Waals surface area contributed by atoms with E-state index in [0.29, 0.717) is 11.5 Å². The van der Waals surface area contributed by atoms with Crippen molar-refractivity contribution in [1.29, 1.82) is 0 Å². The summed E-state index contributed by atoms with van der Waals surface area (Å²) in [7, 11) is 0. The summed E-state index contributed by atoms with van der Waals surface area (Å²) < 4.78 is 0. The molecule has 1 heterocycles. The van der Waals surface area contributed by atoms with Crippen LogP contribution in [0.4, 0.5) is 5.82 Å². The van der Waals surface area contributed by atoms with Crippen LogP contribution in [-0.4, -0.2) is 20.4 Å². The molecule has 0 bridgehead atoms. The summed E-state index contributed by atoms with van der Waals surface area (Å²) in [5.74, 6) is 0.297. The van der Waals surface area contributed by atoms with Gasteiger partial charge in [-0.05, 0) is 0 Å². The van der Waals surface area contributed by atoms with E-state index in [0.717, 1.165) is 5.56 Å². The van der Waals surface area contributed by atoms with Crippen LogP contribution in [0, 0.1) is 0 Å². The molecule has 0 saturated carbocycles. The Hall–Kier alpha value is -2.01. The van der Waals surface area contributed by atoms with Crippen LogP contribution in [0.5, 0.6) is 0 Å². The fourth-order valence-corrected chi connectivity index (χ4v) is 1.15. The first-order chi connectivity index (χ1) is 6.92. The highest BCUT2D eigenvalue weighted by molar-refractivity contribution is 5.69. The van der Waals surface area contributed by atoms with Crippen LogP contribution in [0.2, 0.25) is 0 Å². The van der Waals surface area contributed by atoms with Gasteiger partial charge in [-0.15, -0.1) is 10.2 Å². The summed E-state index contributed by atoms with van der Waals surface area (Å²) in [6.07, 6.45) is 1.27. The Kier molecular flexibility index (Phi) is 2.33. The predicted octanol–water partition coefficient (Wildman–Crippen LogP) is 1.34. The molecule has 70 valence electrons. The molecule has 0 radical (unpaired) electrons. The number of aromatic nitrogens is 3. The normalized spacial score (nSPS) is 9.79. The Morgan fingerprint density at radius 3 is 2.64 bits per heavy atom. The van der Waals surface area contributed by atoms with Gasteiger partial charge < -0.3 is 0 Å². The molecule has 0 aliphatic heterocycles. The summed E-state index contributed by atoms with van der Waals surface area (Å²) in [6, 6.07) is 9.40. The maximum atomic E-state index is 8.80. The van der Waals surface area contributed by atoms with Crippen molar-refractivity contribution in [3.63, 3.8) is 0 Å². The van der Waals surface area contributed by atoms with Gasteiger partial charge in [0.2, 0.25) is 0 Å². The largest absolute Gasteiger partial charge is 0.290 e. The molecule has 0 unspecified atom stereocenters. The Bertz CT molecular complexity index is 418. The van der Waals surface area contributed by atoms with E-state index in [1.54, 1.807) is 0 Å². The van der Waals surface area contributed by atoms with Crippen LogP contribution in [-0.2, 0) is 0 Å². The van der Waals surface area contributed by atoms with Gasteiger partial charge in [0.15, 0.2) is 5.82 Å². The van der Waals surface area contributed by atoms with Crippen molar-refractivity contribution in [2.75, 3.05) is 5.48 Å². The van der Waals surface area contributed by atoms with E-state index in [1.807, 2.05) is 35.8 Å². The zero-order valence-corrected chi connectivity index (χ0v) is 7.25. The Morgan fingerprint density at radius 2 is 1.93 bits per heavy atom. The molecule has 1 aromatic heterocycles. The molecular formula is C9H8N4O. The molecule has 14 heavy (non-hydrogen) atoms. The minimum Gasteiger partial charge on any atom is -0.290 e. The van der Waals surface area contributed by atoms with E-state index in [1.165, 1.54) is 6.33 Å². The van der Waals surface area contributed by atoms with E-state index in [4.69, 9.17) is 5.21 Å². The highest BCUT2D eigenvalue weighted by Crippen LogP contribution is 2.21. The third kappa shape index (κ3) is 1.53. The minimum absolute atomic E-state index is 0.297. The standard InChI is InChI=1S/C9H8N4O/c14-13-9-8(12-11-6-10-9)7-4-2-1-3-5-7/h1-6,14H,(H,10,11,13). The molecule has 0 aliphatic rings. The molecule has 2 N–H and O–H groups in total. The van der Waals surface area contributed by atoms with E-state index < -0.39 is 0 Å². The second kappa shape index (κ2) is 3.80. The second-order valence-corrected chi connectivity index (χ2v) is 2.64.